The third kappa shape index (κ3) is 4.80. The molecule has 0 aliphatic carbocycles. The molecular weight excluding hydrogens is 248 g/mol. The first-order chi connectivity index (χ1) is 8.64. The minimum atomic E-state index is -0.983. The van der Waals surface area contributed by atoms with Crippen LogP contribution in [0.2, 0.25) is 0 Å². The first-order valence-electron chi connectivity index (χ1n) is 6.53. The second kappa shape index (κ2) is 5.88. The molecule has 110 valence electrons. The molecule has 0 spiro atoms. The molecular formula is C13H24N2O4. The van der Waals surface area contributed by atoms with E-state index in [0.717, 1.165) is 0 Å². The highest BCUT2D eigenvalue weighted by atomic mass is 16.5. The van der Waals surface area contributed by atoms with Gasteiger partial charge in [0.25, 0.3) is 0 Å². The van der Waals surface area contributed by atoms with Crippen molar-refractivity contribution in [1.82, 2.24) is 10.6 Å². The average Bonchev–Trinajstić information content (AvgIpc) is 2.72. The molecule has 2 amide bonds. The molecule has 1 fully saturated rings. The molecule has 0 saturated carbocycles. The Morgan fingerprint density at radius 2 is 2.05 bits per heavy atom. The number of carbonyl (C=O) groups excluding carboxylic acids is 2. The number of rotatable bonds is 4. The van der Waals surface area contributed by atoms with E-state index in [9.17, 15) is 14.7 Å². The van der Waals surface area contributed by atoms with Crippen molar-refractivity contribution in [2.75, 3.05) is 19.8 Å². The monoisotopic (exact) mass is 272 g/mol. The molecule has 2 unspecified atom stereocenters. The van der Waals surface area contributed by atoms with Gasteiger partial charge in [-0.05, 0) is 6.92 Å². The molecule has 0 bridgehead atoms. The topological polar surface area (TPSA) is 87.7 Å². The fraction of sp³-hybridized carbons (Fsp3) is 0.846. The van der Waals surface area contributed by atoms with Crippen molar-refractivity contribution in [2.45, 2.75) is 45.8 Å². The summed E-state index contributed by atoms with van der Waals surface area (Å²) >= 11 is 0. The summed E-state index contributed by atoms with van der Waals surface area (Å²) in [5.41, 5.74) is -1.52. The van der Waals surface area contributed by atoms with Crippen LogP contribution < -0.4 is 10.6 Å². The first-order valence-corrected chi connectivity index (χ1v) is 6.53. The van der Waals surface area contributed by atoms with E-state index >= 15 is 0 Å². The molecule has 1 saturated heterocycles. The fourth-order valence-corrected chi connectivity index (χ4v) is 1.62. The number of aliphatic hydroxyl groups is 1. The van der Waals surface area contributed by atoms with E-state index in [1.165, 1.54) is 0 Å². The second-order valence-corrected chi connectivity index (χ2v) is 6.19. The Labute approximate surface area is 113 Å². The number of carbonyl (C=O) groups is 2. The summed E-state index contributed by atoms with van der Waals surface area (Å²) in [6.45, 7) is 7.84. The van der Waals surface area contributed by atoms with Gasteiger partial charge in [0.15, 0.2) is 0 Å². The van der Waals surface area contributed by atoms with Crippen molar-refractivity contribution in [2.24, 2.45) is 5.41 Å². The summed E-state index contributed by atoms with van der Waals surface area (Å²) in [6, 6.07) is -0.627. The van der Waals surface area contributed by atoms with Gasteiger partial charge >= 0.3 is 0 Å². The van der Waals surface area contributed by atoms with Crippen LogP contribution in [0.5, 0.6) is 0 Å². The van der Waals surface area contributed by atoms with Crippen molar-refractivity contribution >= 4 is 11.8 Å². The normalized spacial score (nSPS) is 24.9. The summed E-state index contributed by atoms with van der Waals surface area (Å²) in [4.78, 5) is 23.6. The van der Waals surface area contributed by atoms with E-state index in [4.69, 9.17) is 4.74 Å². The Balaban J connectivity index is 2.39. The lowest BCUT2D eigenvalue weighted by Crippen LogP contribution is -2.51. The van der Waals surface area contributed by atoms with E-state index in [1.807, 2.05) is 0 Å². The molecule has 6 heteroatoms. The summed E-state index contributed by atoms with van der Waals surface area (Å²) in [5.74, 6) is -0.490. The maximum Gasteiger partial charge on any atom is 0.242 e. The van der Waals surface area contributed by atoms with Crippen LogP contribution in [0.3, 0.4) is 0 Å². The van der Waals surface area contributed by atoms with Crippen LogP contribution in [0.1, 0.15) is 34.1 Å². The molecule has 1 heterocycles. The van der Waals surface area contributed by atoms with E-state index < -0.39 is 17.1 Å². The van der Waals surface area contributed by atoms with E-state index in [2.05, 4.69) is 10.6 Å². The zero-order valence-electron chi connectivity index (χ0n) is 12.1. The molecule has 0 aromatic carbocycles. The van der Waals surface area contributed by atoms with Crippen LogP contribution in [-0.2, 0) is 14.3 Å². The van der Waals surface area contributed by atoms with E-state index in [1.54, 1.807) is 27.7 Å². The Bertz CT molecular complexity index is 343. The molecule has 0 aromatic heterocycles. The standard InChI is InChI=1S/C13H24N2O4/c1-9(15-11(17)12(2,3)4)10(16)14-7-13(18)5-6-19-8-13/h9,18H,5-8H2,1-4H3,(H,14,16)(H,15,17). The van der Waals surface area contributed by atoms with E-state index in [-0.39, 0.29) is 25.0 Å². The van der Waals surface area contributed by atoms with Crippen LogP contribution in [-0.4, -0.2) is 48.3 Å². The van der Waals surface area contributed by atoms with Gasteiger partial charge in [0.2, 0.25) is 11.8 Å². The number of ether oxygens (including phenoxy) is 1. The number of hydrogen-bond donors (Lipinski definition) is 3. The van der Waals surface area contributed by atoms with Gasteiger partial charge in [0.05, 0.1) is 6.61 Å². The minimum Gasteiger partial charge on any atom is -0.386 e. The third-order valence-corrected chi connectivity index (χ3v) is 3.10. The Hall–Kier alpha value is -1.14. The molecule has 19 heavy (non-hydrogen) atoms. The predicted octanol–water partition coefficient (Wildman–Crippen LogP) is -0.195. The fourth-order valence-electron chi connectivity index (χ4n) is 1.62. The largest absolute Gasteiger partial charge is 0.386 e. The SMILES string of the molecule is CC(NC(=O)C(C)(C)C)C(=O)NCC1(O)CCOC1. The number of nitrogens with one attached hydrogen (secondary N) is 2. The molecule has 1 aliphatic heterocycles. The number of amides is 2. The highest BCUT2D eigenvalue weighted by Crippen LogP contribution is 2.17. The van der Waals surface area contributed by atoms with Crippen LogP contribution in [0.25, 0.3) is 0 Å². The van der Waals surface area contributed by atoms with Gasteiger partial charge < -0.3 is 20.5 Å². The van der Waals surface area contributed by atoms with Crippen LogP contribution >= 0.6 is 0 Å². The van der Waals surface area contributed by atoms with Gasteiger partial charge in [0, 0.05) is 25.0 Å². The molecule has 0 aromatic rings. The van der Waals surface area contributed by atoms with Gasteiger partial charge in [-0.1, -0.05) is 20.8 Å². The summed E-state index contributed by atoms with van der Waals surface area (Å²) < 4.78 is 5.09. The maximum atomic E-state index is 11.8. The minimum absolute atomic E-state index is 0.140. The molecule has 1 rings (SSSR count). The predicted molar refractivity (Wildman–Crippen MR) is 70.5 cm³/mol. The van der Waals surface area contributed by atoms with Crippen molar-refractivity contribution in [3.63, 3.8) is 0 Å². The lowest BCUT2D eigenvalue weighted by Gasteiger charge is -2.24. The zero-order valence-corrected chi connectivity index (χ0v) is 12.1. The third-order valence-electron chi connectivity index (χ3n) is 3.10. The molecule has 0 radical (unpaired) electrons. The quantitative estimate of drug-likeness (QED) is 0.661. The van der Waals surface area contributed by atoms with Crippen molar-refractivity contribution in [3.05, 3.63) is 0 Å². The molecule has 1 aliphatic rings. The lowest BCUT2D eigenvalue weighted by molar-refractivity contribution is -0.133. The van der Waals surface area contributed by atoms with Gasteiger partial charge in [-0.3, -0.25) is 9.59 Å². The van der Waals surface area contributed by atoms with Crippen molar-refractivity contribution in [3.8, 4) is 0 Å². The van der Waals surface area contributed by atoms with Gasteiger partial charge in [0.1, 0.15) is 11.6 Å². The Morgan fingerprint density at radius 1 is 1.42 bits per heavy atom. The van der Waals surface area contributed by atoms with Crippen molar-refractivity contribution < 1.29 is 19.4 Å². The number of hydrogen-bond acceptors (Lipinski definition) is 4. The highest BCUT2D eigenvalue weighted by Gasteiger charge is 2.33. The average molecular weight is 272 g/mol. The van der Waals surface area contributed by atoms with Crippen LogP contribution in [0.15, 0.2) is 0 Å². The van der Waals surface area contributed by atoms with Gasteiger partial charge in [-0.2, -0.15) is 0 Å². The summed E-state index contributed by atoms with van der Waals surface area (Å²) in [6.07, 6.45) is 0.510. The van der Waals surface area contributed by atoms with Crippen LogP contribution in [0, 0.1) is 5.41 Å². The highest BCUT2D eigenvalue weighted by molar-refractivity contribution is 5.89. The van der Waals surface area contributed by atoms with Crippen molar-refractivity contribution in [1.29, 1.82) is 0 Å². The smallest absolute Gasteiger partial charge is 0.242 e. The van der Waals surface area contributed by atoms with Gasteiger partial charge in [-0.15, -0.1) is 0 Å². The van der Waals surface area contributed by atoms with E-state index in [0.29, 0.717) is 13.0 Å². The first kappa shape index (κ1) is 15.9. The Kier molecular flexibility index (Phi) is 4.92. The lowest BCUT2D eigenvalue weighted by atomic mass is 9.95. The molecule has 3 N–H and O–H groups in total. The zero-order chi connectivity index (χ0) is 14.7. The second-order valence-electron chi connectivity index (χ2n) is 6.19. The maximum absolute atomic E-state index is 11.8. The summed E-state index contributed by atoms with van der Waals surface area (Å²) in [7, 11) is 0. The Morgan fingerprint density at radius 3 is 2.53 bits per heavy atom. The van der Waals surface area contributed by atoms with Crippen LogP contribution in [0.4, 0.5) is 0 Å². The van der Waals surface area contributed by atoms with Gasteiger partial charge in [-0.25, -0.2) is 0 Å². The molecule has 6 nitrogen and oxygen atoms in total. The summed E-state index contributed by atoms with van der Waals surface area (Å²) in [5, 5.41) is 15.3. The molecule has 2 atom stereocenters.